The summed E-state index contributed by atoms with van der Waals surface area (Å²) >= 11 is 0. The van der Waals surface area contributed by atoms with Gasteiger partial charge in [-0.25, -0.2) is 4.79 Å². The Bertz CT molecular complexity index is 443. The van der Waals surface area contributed by atoms with Crippen molar-refractivity contribution in [1.82, 2.24) is 5.32 Å². The molecule has 0 aliphatic carbocycles. The molecule has 12 heteroatoms. The SMILES string of the molecule is CC(=O)N[C@H]1C(O)O[C@H](CO)[C@@H](O)[C@@H]1O.O=C(O)CC(O)C(=O)O. The molecule has 140 valence electrons. The van der Waals surface area contributed by atoms with Crippen molar-refractivity contribution in [2.45, 2.75) is 50.1 Å². The molecule has 1 aliphatic rings. The maximum atomic E-state index is 10.7. The Labute approximate surface area is 135 Å². The van der Waals surface area contributed by atoms with Crippen LogP contribution in [0.2, 0.25) is 0 Å². The van der Waals surface area contributed by atoms with Gasteiger partial charge < -0.3 is 45.8 Å². The van der Waals surface area contributed by atoms with E-state index < -0.39 is 67.6 Å². The molecule has 1 aliphatic heterocycles. The molecule has 1 saturated heterocycles. The first kappa shape index (κ1) is 22.2. The summed E-state index contributed by atoms with van der Waals surface area (Å²) in [4.78, 5) is 30.2. The Hall–Kier alpha value is -1.83. The number of aliphatic hydroxyl groups is 5. The average molecular weight is 355 g/mol. The van der Waals surface area contributed by atoms with Crippen LogP contribution in [0.15, 0.2) is 0 Å². The first-order valence-corrected chi connectivity index (χ1v) is 6.71. The van der Waals surface area contributed by atoms with Crippen molar-refractivity contribution in [1.29, 1.82) is 0 Å². The number of hydrogen-bond donors (Lipinski definition) is 8. The number of carbonyl (C=O) groups excluding carboxylic acids is 1. The zero-order valence-corrected chi connectivity index (χ0v) is 12.6. The van der Waals surface area contributed by atoms with Gasteiger partial charge >= 0.3 is 11.9 Å². The molecule has 1 rings (SSSR count). The van der Waals surface area contributed by atoms with E-state index in [-0.39, 0.29) is 0 Å². The van der Waals surface area contributed by atoms with E-state index in [2.05, 4.69) is 5.32 Å². The largest absolute Gasteiger partial charge is 0.481 e. The Balaban J connectivity index is 0.000000506. The third-order valence-corrected chi connectivity index (χ3v) is 2.92. The Morgan fingerprint density at radius 1 is 1.12 bits per heavy atom. The van der Waals surface area contributed by atoms with Gasteiger partial charge in [0.1, 0.15) is 24.4 Å². The molecular formula is C12H21NO11. The summed E-state index contributed by atoms with van der Waals surface area (Å²) in [5.41, 5.74) is 0. The van der Waals surface area contributed by atoms with Crippen molar-refractivity contribution < 1.29 is 54.9 Å². The molecule has 0 radical (unpaired) electrons. The molecule has 0 spiro atoms. The number of hydrogen-bond acceptors (Lipinski definition) is 9. The molecule has 0 aromatic heterocycles. The van der Waals surface area contributed by atoms with Crippen LogP contribution in [0.5, 0.6) is 0 Å². The smallest absolute Gasteiger partial charge is 0.333 e. The van der Waals surface area contributed by atoms with E-state index in [1.807, 2.05) is 0 Å². The van der Waals surface area contributed by atoms with E-state index in [1.54, 1.807) is 0 Å². The summed E-state index contributed by atoms with van der Waals surface area (Å²) in [6, 6.07) is -1.10. The zero-order chi connectivity index (χ0) is 19.0. The first-order chi connectivity index (χ1) is 11.0. The minimum atomic E-state index is -1.79. The highest BCUT2D eigenvalue weighted by atomic mass is 16.6. The van der Waals surface area contributed by atoms with Crippen LogP contribution in [0.25, 0.3) is 0 Å². The highest BCUT2D eigenvalue weighted by Gasteiger charge is 2.43. The van der Waals surface area contributed by atoms with E-state index >= 15 is 0 Å². The van der Waals surface area contributed by atoms with Gasteiger partial charge in [0, 0.05) is 6.92 Å². The lowest BCUT2D eigenvalue weighted by molar-refractivity contribution is -0.253. The standard InChI is InChI=1S/C8H15NO6.C4H6O5/c1-3(11)9-5-7(13)6(12)4(2-10)15-8(5)14;5-2(4(8)9)1-3(6)7/h4-8,10,12-14H,2H2,1H3,(H,9,11);2,5H,1H2,(H,6,7)(H,8,9)/t4-,5-,6-,7-,8?;/m1./s1. The molecule has 0 bridgehead atoms. The molecule has 24 heavy (non-hydrogen) atoms. The normalized spacial score (nSPS) is 30.5. The van der Waals surface area contributed by atoms with Gasteiger partial charge in [0.2, 0.25) is 5.91 Å². The van der Waals surface area contributed by atoms with Crippen LogP contribution >= 0.6 is 0 Å². The summed E-state index contributed by atoms with van der Waals surface area (Å²) in [7, 11) is 0. The fourth-order valence-electron chi connectivity index (χ4n) is 1.74. The molecule has 0 aromatic rings. The topological polar surface area (TPSA) is 214 Å². The summed E-state index contributed by atoms with van der Waals surface area (Å²) in [5.74, 6) is -3.31. The lowest BCUT2D eigenvalue weighted by atomic mass is 9.97. The van der Waals surface area contributed by atoms with Crippen molar-refractivity contribution >= 4 is 17.8 Å². The molecule has 0 saturated carbocycles. The van der Waals surface area contributed by atoms with Gasteiger partial charge in [0.15, 0.2) is 12.4 Å². The van der Waals surface area contributed by atoms with E-state index in [0.717, 1.165) is 0 Å². The Morgan fingerprint density at radius 3 is 2.00 bits per heavy atom. The van der Waals surface area contributed by atoms with Crippen molar-refractivity contribution in [3.63, 3.8) is 0 Å². The molecule has 2 unspecified atom stereocenters. The lowest BCUT2D eigenvalue weighted by Crippen LogP contribution is -2.63. The molecule has 1 amide bonds. The number of aliphatic carboxylic acids is 2. The first-order valence-electron chi connectivity index (χ1n) is 6.71. The summed E-state index contributed by atoms with van der Waals surface area (Å²) in [5, 5.41) is 63.5. The number of ether oxygens (including phenoxy) is 1. The van der Waals surface area contributed by atoms with Crippen molar-refractivity contribution in [2.75, 3.05) is 6.61 Å². The molecule has 1 heterocycles. The van der Waals surface area contributed by atoms with Gasteiger partial charge in [-0.1, -0.05) is 0 Å². The number of amides is 1. The Morgan fingerprint density at radius 2 is 1.67 bits per heavy atom. The van der Waals surface area contributed by atoms with Crippen molar-refractivity contribution in [2.24, 2.45) is 0 Å². The maximum Gasteiger partial charge on any atom is 0.333 e. The molecular weight excluding hydrogens is 334 g/mol. The summed E-state index contributed by atoms with van der Waals surface area (Å²) in [6.07, 6.45) is -7.79. The average Bonchev–Trinajstić information content (AvgIpc) is 2.47. The third kappa shape index (κ3) is 7.16. The van der Waals surface area contributed by atoms with E-state index in [9.17, 15) is 29.7 Å². The van der Waals surface area contributed by atoms with Crippen molar-refractivity contribution in [3.05, 3.63) is 0 Å². The van der Waals surface area contributed by atoms with Gasteiger partial charge in [-0.2, -0.15) is 0 Å². The minimum absolute atomic E-state index is 0.462. The lowest BCUT2D eigenvalue weighted by Gasteiger charge is -2.40. The van der Waals surface area contributed by atoms with Crippen molar-refractivity contribution in [3.8, 4) is 0 Å². The van der Waals surface area contributed by atoms with Gasteiger partial charge in [-0.05, 0) is 0 Å². The van der Waals surface area contributed by atoms with Crippen LogP contribution in [0.4, 0.5) is 0 Å². The van der Waals surface area contributed by atoms with E-state index in [4.69, 9.17) is 25.2 Å². The summed E-state index contributed by atoms with van der Waals surface area (Å²) in [6.45, 7) is 0.687. The molecule has 6 atom stereocenters. The number of carboxylic acid groups (broad SMARTS) is 2. The second-order valence-corrected chi connectivity index (χ2v) is 4.91. The number of nitrogens with one attached hydrogen (secondary N) is 1. The number of carboxylic acids is 2. The predicted octanol–water partition coefficient (Wildman–Crippen LogP) is -4.17. The monoisotopic (exact) mass is 355 g/mol. The fourth-order valence-corrected chi connectivity index (χ4v) is 1.74. The zero-order valence-electron chi connectivity index (χ0n) is 12.6. The second kappa shape index (κ2) is 10.1. The molecule has 1 fully saturated rings. The summed E-state index contributed by atoms with van der Waals surface area (Å²) < 4.78 is 4.81. The number of rotatable bonds is 5. The van der Waals surface area contributed by atoms with Crippen LogP contribution < -0.4 is 5.32 Å². The van der Waals surface area contributed by atoms with Crippen LogP contribution in [-0.2, 0) is 19.1 Å². The Kier molecular flexibility index (Phi) is 9.35. The molecule has 0 aromatic carbocycles. The van der Waals surface area contributed by atoms with Gasteiger partial charge in [-0.15, -0.1) is 0 Å². The van der Waals surface area contributed by atoms with Crippen LogP contribution in [0, 0.1) is 0 Å². The van der Waals surface area contributed by atoms with Crippen LogP contribution in [-0.4, -0.2) is 96.9 Å². The minimum Gasteiger partial charge on any atom is -0.481 e. The van der Waals surface area contributed by atoms with Gasteiger partial charge in [0.05, 0.1) is 13.0 Å². The highest BCUT2D eigenvalue weighted by Crippen LogP contribution is 2.19. The predicted molar refractivity (Wildman–Crippen MR) is 73.5 cm³/mol. The number of carbonyl (C=O) groups is 3. The highest BCUT2D eigenvalue weighted by molar-refractivity contribution is 5.79. The van der Waals surface area contributed by atoms with E-state index in [0.29, 0.717) is 0 Å². The van der Waals surface area contributed by atoms with Gasteiger partial charge in [0.25, 0.3) is 0 Å². The van der Waals surface area contributed by atoms with Gasteiger partial charge in [-0.3, -0.25) is 9.59 Å². The third-order valence-electron chi connectivity index (χ3n) is 2.92. The van der Waals surface area contributed by atoms with Crippen LogP contribution in [0.1, 0.15) is 13.3 Å². The second-order valence-electron chi connectivity index (χ2n) is 4.91. The fraction of sp³-hybridized carbons (Fsp3) is 0.750. The van der Waals surface area contributed by atoms with Crippen LogP contribution in [0.3, 0.4) is 0 Å². The maximum absolute atomic E-state index is 10.7. The molecule has 8 N–H and O–H groups in total. The van der Waals surface area contributed by atoms with E-state index in [1.165, 1.54) is 6.92 Å². The number of aliphatic hydroxyl groups excluding tert-OH is 5. The quantitative estimate of drug-likeness (QED) is 0.237. The molecule has 12 nitrogen and oxygen atoms in total.